The minimum atomic E-state index is 0. The quantitative estimate of drug-likeness (QED) is 0.910. The third-order valence-electron chi connectivity index (χ3n) is 3.43. The molecule has 0 aliphatic carbocycles. The number of nitrogens with one attached hydrogen (secondary N) is 1. The van der Waals surface area contributed by atoms with E-state index in [4.69, 9.17) is 0 Å². The van der Waals surface area contributed by atoms with E-state index < -0.39 is 0 Å². The number of hydrogen-bond donors (Lipinski definition) is 1. The van der Waals surface area contributed by atoms with Gasteiger partial charge < -0.3 is 9.88 Å². The van der Waals surface area contributed by atoms with Crippen molar-refractivity contribution in [3.63, 3.8) is 0 Å². The predicted octanol–water partition coefficient (Wildman–Crippen LogP) is 1.96. The lowest BCUT2D eigenvalue weighted by Gasteiger charge is -2.21. The minimum Gasteiger partial charge on any atom is -0.312 e. The molecule has 0 spiro atoms. The van der Waals surface area contributed by atoms with Gasteiger partial charge in [-0.1, -0.05) is 36.4 Å². The molecule has 0 amide bonds. The van der Waals surface area contributed by atoms with E-state index in [1.165, 1.54) is 16.8 Å². The second kappa shape index (κ2) is 6.04. The SMILES string of the molecule is Cl.O=c1ccc2c(n1Cc1ccccc1)CCNC2. The standard InChI is InChI=1S/C15H16N2O.ClH/c18-15-7-6-13-10-16-9-8-14(13)17(15)11-12-4-2-1-3-5-12;/h1-7,16H,8-11H2;1H. The van der Waals surface area contributed by atoms with Crippen LogP contribution in [0.5, 0.6) is 0 Å². The second-order valence-corrected chi connectivity index (χ2v) is 4.64. The maximum Gasteiger partial charge on any atom is 0.251 e. The van der Waals surface area contributed by atoms with E-state index in [9.17, 15) is 4.79 Å². The van der Waals surface area contributed by atoms with Crippen LogP contribution in [0.4, 0.5) is 0 Å². The van der Waals surface area contributed by atoms with Gasteiger partial charge in [-0.2, -0.15) is 0 Å². The molecular weight excluding hydrogens is 260 g/mol. The number of nitrogens with zero attached hydrogens (tertiary/aromatic N) is 1. The van der Waals surface area contributed by atoms with Crippen LogP contribution in [-0.4, -0.2) is 11.1 Å². The molecular formula is C15H17ClN2O. The Morgan fingerprint density at radius 2 is 1.89 bits per heavy atom. The number of halogens is 1. The van der Waals surface area contributed by atoms with Crippen molar-refractivity contribution in [1.29, 1.82) is 0 Å². The van der Waals surface area contributed by atoms with Crippen LogP contribution >= 0.6 is 12.4 Å². The maximum absolute atomic E-state index is 12.0. The smallest absolute Gasteiger partial charge is 0.251 e. The summed E-state index contributed by atoms with van der Waals surface area (Å²) in [5, 5.41) is 3.34. The molecule has 1 N–H and O–H groups in total. The first-order valence-corrected chi connectivity index (χ1v) is 6.31. The van der Waals surface area contributed by atoms with Gasteiger partial charge >= 0.3 is 0 Å². The van der Waals surface area contributed by atoms with Crippen molar-refractivity contribution in [2.75, 3.05) is 6.54 Å². The van der Waals surface area contributed by atoms with Gasteiger partial charge in [-0.05, 0) is 11.1 Å². The molecule has 3 nitrogen and oxygen atoms in total. The average molecular weight is 277 g/mol. The molecule has 1 aliphatic rings. The van der Waals surface area contributed by atoms with Crippen LogP contribution < -0.4 is 10.9 Å². The Labute approximate surface area is 118 Å². The fourth-order valence-corrected chi connectivity index (χ4v) is 2.49. The topological polar surface area (TPSA) is 34.0 Å². The third-order valence-corrected chi connectivity index (χ3v) is 3.43. The highest BCUT2D eigenvalue weighted by Crippen LogP contribution is 2.13. The van der Waals surface area contributed by atoms with Crippen molar-refractivity contribution >= 4 is 12.4 Å². The Balaban J connectivity index is 0.00000133. The van der Waals surface area contributed by atoms with Crippen LogP contribution in [0.25, 0.3) is 0 Å². The van der Waals surface area contributed by atoms with E-state index in [-0.39, 0.29) is 18.0 Å². The van der Waals surface area contributed by atoms with E-state index in [0.29, 0.717) is 6.54 Å². The molecule has 0 bridgehead atoms. The molecule has 2 aromatic rings. The van der Waals surface area contributed by atoms with Gasteiger partial charge in [-0.15, -0.1) is 12.4 Å². The molecule has 0 radical (unpaired) electrons. The Bertz CT molecular complexity index is 607. The Morgan fingerprint density at radius 3 is 2.68 bits per heavy atom. The van der Waals surface area contributed by atoms with Gasteiger partial charge in [0.25, 0.3) is 5.56 Å². The van der Waals surface area contributed by atoms with Gasteiger partial charge in [0, 0.05) is 31.3 Å². The molecule has 0 unspecified atom stereocenters. The van der Waals surface area contributed by atoms with Crippen molar-refractivity contribution in [1.82, 2.24) is 9.88 Å². The number of aromatic nitrogens is 1. The lowest BCUT2D eigenvalue weighted by atomic mass is 10.1. The number of rotatable bonds is 2. The monoisotopic (exact) mass is 276 g/mol. The zero-order valence-corrected chi connectivity index (χ0v) is 11.5. The highest BCUT2D eigenvalue weighted by molar-refractivity contribution is 5.85. The molecule has 0 saturated heterocycles. The Hall–Kier alpha value is -1.58. The van der Waals surface area contributed by atoms with E-state index in [2.05, 4.69) is 17.4 Å². The summed E-state index contributed by atoms with van der Waals surface area (Å²) in [5.41, 5.74) is 3.70. The normalized spacial score (nSPS) is 13.5. The lowest BCUT2D eigenvalue weighted by Crippen LogP contribution is -2.32. The summed E-state index contributed by atoms with van der Waals surface area (Å²) in [6.07, 6.45) is 0.929. The summed E-state index contributed by atoms with van der Waals surface area (Å²) < 4.78 is 1.91. The maximum atomic E-state index is 12.0. The first-order chi connectivity index (χ1) is 8.84. The van der Waals surface area contributed by atoms with Gasteiger partial charge in [0.1, 0.15) is 0 Å². The van der Waals surface area contributed by atoms with Gasteiger partial charge in [-0.3, -0.25) is 4.79 Å². The molecule has 4 heteroatoms. The van der Waals surface area contributed by atoms with Crippen molar-refractivity contribution < 1.29 is 0 Å². The number of benzene rings is 1. The second-order valence-electron chi connectivity index (χ2n) is 4.64. The predicted molar refractivity (Wildman–Crippen MR) is 78.9 cm³/mol. The molecule has 2 heterocycles. The summed E-state index contributed by atoms with van der Waals surface area (Å²) >= 11 is 0. The van der Waals surface area contributed by atoms with Crippen molar-refractivity contribution in [3.8, 4) is 0 Å². The van der Waals surface area contributed by atoms with Crippen molar-refractivity contribution in [3.05, 3.63) is 69.6 Å². The molecule has 0 atom stereocenters. The zero-order chi connectivity index (χ0) is 12.4. The molecule has 0 saturated carbocycles. The van der Waals surface area contributed by atoms with E-state index in [1.807, 2.05) is 28.8 Å². The average Bonchev–Trinajstić information content (AvgIpc) is 2.43. The minimum absolute atomic E-state index is 0. The summed E-state index contributed by atoms with van der Waals surface area (Å²) in [5.74, 6) is 0. The number of pyridine rings is 1. The molecule has 1 aromatic carbocycles. The lowest BCUT2D eigenvalue weighted by molar-refractivity contribution is 0.582. The zero-order valence-electron chi connectivity index (χ0n) is 10.6. The van der Waals surface area contributed by atoms with E-state index >= 15 is 0 Å². The molecule has 3 rings (SSSR count). The summed E-state index contributed by atoms with van der Waals surface area (Å²) in [7, 11) is 0. The molecule has 1 aliphatic heterocycles. The van der Waals surface area contributed by atoms with Crippen LogP contribution in [0.3, 0.4) is 0 Å². The summed E-state index contributed by atoms with van der Waals surface area (Å²) in [4.78, 5) is 12.0. The highest BCUT2D eigenvalue weighted by Gasteiger charge is 2.13. The van der Waals surface area contributed by atoms with E-state index in [0.717, 1.165) is 19.5 Å². The fraction of sp³-hybridized carbons (Fsp3) is 0.267. The molecule has 1 aromatic heterocycles. The van der Waals surface area contributed by atoms with Crippen molar-refractivity contribution in [2.24, 2.45) is 0 Å². The highest BCUT2D eigenvalue weighted by atomic mass is 35.5. The number of fused-ring (bicyclic) bond motifs is 1. The molecule has 100 valence electrons. The first kappa shape index (κ1) is 13.8. The molecule has 0 fully saturated rings. The summed E-state index contributed by atoms with van der Waals surface area (Å²) in [6.45, 7) is 2.48. The van der Waals surface area contributed by atoms with Gasteiger partial charge in [0.2, 0.25) is 0 Å². The van der Waals surface area contributed by atoms with Crippen LogP contribution in [0.2, 0.25) is 0 Å². The van der Waals surface area contributed by atoms with E-state index in [1.54, 1.807) is 6.07 Å². The first-order valence-electron chi connectivity index (χ1n) is 6.31. The Kier molecular flexibility index (Phi) is 4.40. The number of hydrogen-bond acceptors (Lipinski definition) is 2. The fourth-order valence-electron chi connectivity index (χ4n) is 2.49. The third kappa shape index (κ3) is 2.88. The van der Waals surface area contributed by atoms with Crippen LogP contribution in [0.1, 0.15) is 16.8 Å². The van der Waals surface area contributed by atoms with Gasteiger partial charge in [0.05, 0.1) is 6.54 Å². The molecule has 19 heavy (non-hydrogen) atoms. The van der Waals surface area contributed by atoms with Crippen molar-refractivity contribution in [2.45, 2.75) is 19.5 Å². The largest absolute Gasteiger partial charge is 0.312 e. The van der Waals surface area contributed by atoms with Crippen LogP contribution in [0.15, 0.2) is 47.3 Å². The van der Waals surface area contributed by atoms with Crippen LogP contribution in [0, 0.1) is 0 Å². The van der Waals surface area contributed by atoms with Gasteiger partial charge in [-0.25, -0.2) is 0 Å². The Morgan fingerprint density at radius 1 is 1.11 bits per heavy atom. The van der Waals surface area contributed by atoms with Crippen LogP contribution in [-0.2, 0) is 19.5 Å². The van der Waals surface area contributed by atoms with Gasteiger partial charge in [0.15, 0.2) is 0 Å². The summed E-state index contributed by atoms with van der Waals surface area (Å²) in [6, 6.07) is 13.8.